The fourth-order valence-electron chi connectivity index (χ4n) is 4.05. The number of hydrogen-bond acceptors (Lipinski definition) is 6. The van der Waals surface area contributed by atoms with Gasteiger partial charge in [-0.05, 0) is 38.5 Å². The molecular formula is C23H29Cl2N5O2S. The van der Waals surface area contributed by atoms with Gasteiger partial charge in [-0.2, -0.15) is 5.10 Å². The molecule has 1 fully saturated rings. The average molecular weight is 510 g/mol. The van der Waals surface area contributed by atoms with E-state index in [1.807, 2.05) is 54.6 Å². The van der Waals surface area contributed by atoms with Gasteiger partial charge in [0, 0.05) is 55.4 Å². The Balaban J connectivity index is 0.00000306. The number of halogens is 2. The van der Waals surface area contributed by atoms with Crippen molar-refractivity contribution in [3.05, 3.63) is 62.4 Å². The van der Waals surface area contributed by atoms with Crippen LogP contribution < -0.4 is 0 Å². The second-order valence-corrected chi connectivity index (χ2v) is 9.55. The summed E-state index contributed by atoms with van der Waals surface area (Å²) in [4.78, 5) is 22.6. The number of aromatic nitrogens is 3. The van der Waals surface area contributed by atoms with Crippen LogP contribution in [0.1, 0.15) is 37.9 Å². The number of thiazole rings is 1. The van der Waals surface area contributed by atoms with Crippen LogP contribution in [-0.2, 0) is 6.42 Å². The van der Waals surface area contributed by atoms with Crippen molar-refractivity contribution in [1.29, 1.82) is 0 Å². The van der Waals surface area contributed by atoms with Gasteiger partial charge in [0.2, 0.25) is 5.13 Å². The van der Waals surface area contributed by atoms with Crippen molar-refractivity contribution in [3.63, 3.8) is 0 Å². The molecule has 10 heteroatoms. The molecule has 3 heterocycles. The highest BCUT2D eigenvalue weighted by Gasteiger charge is 2.26. The van der Waals surface area contributed by atoms with Gasteiger partial charge in [-0.25, -0.2) is 9.67 Å². The Bertz CT molecular complexity index is 1110. The van der Waals surface area contributed by atoms with Gasteiger partial charge in [-0.15, -0.1) is 12.4 Å². The monoisotopic (exact) mass is 509 g/mol. The van der Waals surface area contributed by atoms with Crippen LogP contribution in [0.5, 0.6) is 0 Å². The van der Waals surface area contributed by atoms with Crippen molar-refractivity contribution in [1.82, 2.24) is 24.6 Å². The number of piperazine rings is 1. The number of aryl methyl sites for hydroxylation is 2. The lowest BCUT2D eigenvalue weighted by Gasteiger charge is -2.34. The maximum absolute atomic E-state index is 13.1. The Morgan fingerprint density at radius 2 is 1.76 bits per heavy atom. The lowest BCUT2D eigenvalue weighted by atomic mass is 10.0. The van der Waals surface area contributed by atoms with E-state index in [1.165, 1.54) is 16.9 Å². The molecule has 1 aromatic carbocycles. The summed E-state index contributed by atoms with van der Waals surface area (Å²) in [6, 6.07) is 7.86. The Morgan fingerprint density at radius 3 is 2.39 bits per heavy atom. The second kappa shape index (κ2) is 11.0. The Kier molecular flexibility index (Phi) is 8.53. The molecule has 178 valence electrons. The maximum atomic E-state index is 13.1. The summed E-state index contributed by atoms with van der Waals surface area (Å²) in [5.74, 6) is 0.0258. The molecule has 1 aliphatic rings. The minimum absolute atomic E-state index is 0. The molecule has 0 unspecified atom stereocenters. The summed E-state index contributed by atoms with van der Waals surface area (Å²) in [7, 11) is 0. The van der Waals surface area contributed by atoms with Crippen molar-refractivity contribution in [3.8, 4) is 5.13 Å². The van der Waals surface area contributed by atoms with E-state index >= 15 is 0 Å². The van der Waals surface area contributed by atoms with E-state index in [1.54, 1.807) is 0 Å². The highest BCUT2D eigenvalue weighted by Crippen LogP contribution is 2.27. The number of amides is 1. The molecular weight excluding hydrogens is 481 g/mol. The second-order valence-electron chi connectivity index (χ2n) is 8.13. The van der Waals surface area contributed by atoms with E-state index in [4.69, 9.17) is 21.8 Å². The van der Waals surface area contributed by atoms with Gasteiger partial charge < -0.3 is 10.0 Å². The predicted molar refractivity (Wildman–Crippen MR) is 134 cm³/mol. The van der Waals surface area contributed by atoms with Gasteiger partial charge in [0.25, 0.3) is 5.91 Å². The van der Waals surface area contributed by atoms with E-state index in [9.17, 15) is 4.79 Å². The third-order valence-corrected chi connectivity index (χ3v) is 7.34. The zero-order valence-corrected chi connectivity index (χ0v) is 21.4. The molecule has 0 aliphatic carbocycles. The molecule has 1 aliphatic heterocycles. The summed E-state index contributed by atoms with van der Waals surface area (Å²) >= 11 is 7.41. The summed E-state index contributed by atoms with van der Waals surface area (Å²) < 4.78 is 1.86. The highest BCUT2D eigenvalue weighted by molar-refractivity contribution is 7.16. The average Bonchev–Trinajstić information content (AvgIpc) is 3.30. The van der Waals surface area contributed by atoms with Crippen molar-refractivity contribution in [2.45, 2.75) is 27.2 Å². The normalized spacial score (nSPS) is 14.4. The Labute approximate surface area is 209 Å². The number of aliphatic hydroxyl groups excluding tert-OH is 1. The van der Waals surface area contributed by atoms with E-state index in [0.29, 0.717) is 29.6 Å². The van der Waals surface area contributed by atoms with Crippen LogP contribution in [0.4, 0.5) is 0 Å². The van der Waals surface area contributed by atoms with Gasteiger partial charge in [-0.1, -0.05) is 35.1 Å². The molecule has 1 N–H and O–H groups in total. The SMILES string of the molecule is Cc1nc(-n2nc(C)c(Cc3ccc(Cl)cc3)c2C)sc1C(=O)N1CCN(CCO)CC1.Cl. The van der Waals surface area contributed by atoms with Gasteiger partial charge in [-0.3, -0.25) is 9.69 Å². The number of carbonyl (C=O) groups is 1. The largest absolute Gasteiger partial charge is 0.395 e. The van der Waals surface area contributed by atoms with Crippen LogP contribution >= 0.6 is 35.3 Å². The fourth-order valence-corrected chi connectivity index (χ4v) is 5.22. The van der Waals surface area contributed by atoms with E-state index < -0.39 is 0 Å². The first kappa shape index (κ1) is 25.6. The zero-order valence-electron chi connectivity index (χ0n) is 19.0. The van der Waals surface area contributed by atoms with Crippen molar-refractivity contribution in [2.24, 2.45) is 0 Å². The number of rotatable bonds is 6. The van der Waals surface area contributed by atoms with E-state index in [2.05, 4.69) is 9.88 Å². The number of β-amino-alcohol motifs (C(OH)–C–C–N with tert-alkyl or cyclic N) is 1. The van der Waals surface area contributed by atoms with Gasteiger partial charge >= 0.3 is 0 Å². The molecule has 1 amide bonds. The van der Waals surface area contributed by atoms with Crippen LogP contribution in [0.2, 0.25) is 5.02 Å². The number of carbonyl (C=O) groups excluding carboxylic acids is 1. The maximum Gasteiger partial charge on any atom is 0.266 e. The van der Waals surface area contributed by atoms with Crippen LogP contribution in [0.15, 0.2) is 24.3 Å². The predicted octanol–water partition coefficient (Wildman–Crippen LogP) is 3.67. The molecule has 1 saturated heterocycles. The third kappa shape index (κ3) is 5.58. The van der Waals surface area contributed by atoms with Gasteiger partial charge in [0.15, 0.2) is 0 Å². The Hall–Kier alpha value is -1.97. The van der Waals surface area contributed by atoms with E-state index in [-0.39, 0.29) is 24.9 Å². The minimum atomic E-state index is 0. The molecule has 0 atom stereocenters. The highest BCUT2D eigenvalue weighted by atomic mass is 35.5. The third-order valence-electron chi connectivity index (χ3n) is 5.97. The molecule has 0 bridgehead atoms. The van der Waals surface area contributed by atoms with Crippen LogP contribution in [0, 0.1) is 20.8 Å². The molecule has 7 nitrogen and oxygen atoms in total. The zero-order chi connectivity index (χ0) is 22.8. The first-order chi connectivity index (χ1) is 15.4. The minimum Gasteiger partial charge on any atom is -0.395 e. The quantitative estimate of drug-likeness (QED) is 0.548. The number of aliphatic hydroxyl groups is 1. The first-order valence-electron chi connectivity index (χ1n) is 10.8. The molecule has 4 rings (SSSR count). The van der Waals surface area contributed by atoms with Crippen molar-refractivity contribution in [2.75, 3.05) is 39.3 Å². The van der Waals surface area contributed by atoms with Crippen molar-refractivity contribution >= 4 is 41.3 Å². The molecule has 3 aromatic rings. The molecule has 0 radical (unpaired) electrons. The summed E-state index contributed by atoms with van der Waals surface area (Å²) in [6.07, 6.45) is 0.767. The summed E-state index contributed by atoms with van der Waals surface area (Å²) in [5.41, 5.74) is 5.06. The molecule has 33 heavy (non-hydrogen) atoms. The molecule has 0 spiro atoms. The number of benzene rings is 1. The van der Waals surface area contributed by atoms with Crippen LogP contribution in [0.25, 0.3) is 5.13 Å². The number of hydrogen-bond donors (Lipinski definition) is 1. The van der Waals surface area contributed by atoms with Crippen LogP contribution in [-0.4, -0.2) is 74.9 Å². The first-order valence-corrected chi connectivity index (χ1v) is 12.0. The lowest BCUT2D eigenvalue weighted by molar-refractivity contribution is 0.0618. The molecule has 0 saturated carbocycles. The summed E-state index contributed by atoms with van der Waals surface area (Å²) in [5, 5.41) is 15.3. The smallest absolute Gasteiger partial charge is 0.266 e. The standard InChI is InChI=1S/C23H28ClN5O2S.ClH/c1-15-20(14-18-4-6-19(24)7-5-18)17(3)29(26-15)23-25-16(2)21(32-23)22(31)28-10-8-27(9-11-28)12-13-30;/h4-7,30H,8-14H2,1-3H3;1H. The van der Waals surface area contributed by atoms with Crippen molar-refractivity contribution < 1.29 is 9.90 Å². The van der Waals surface area contributed by atoms with Crippen LogP contribution in [0.3, 0.4) is 0 Å². The topological polar surface area (TPSA) is 74.5 Å². The molecule has 2 aromatic heterocycles. The Morgan fingerprint density at radius 1 is 1.09 bits per heavy atom. The van der Waals surface area contributed by atoms with E-state index in [0.717, 1.165) is 47.2 Å². The van der Waals surface area contributed by atoms with Gasteiger partial charge in [0.1, 0.15) is 4.88 Å². The lowest BCUT2D eigenvalue weighted by Crippen LogP contribution is -2.49. The number of nitrogens with zero attached hydrogens (tertiary/aromatic N) is 5. The summed E-state index contributed by atoms with van der Waals surface area (Å²) in [6.45, 7) is 9.63. The fraction of sp³-hybridized carbons (Fsp3) is 0.435. The van der Waals surface area contributed by atoms with Gasteiger partial charge in [0.05, 0.1) is 18.0 Å².